The summed E-state index contributed by atoms with van der Waals surface area (Å²) in [5, 5.41) is 6.29. The van der Waals surface area contributed by atoms with Crippen molar-refractivity contribution < 1.29 is 0 Å². The van der Waals surface area contributed by atoms with Crippen molar-refractivity contribution in [2.75, 3.05) is 0 Å². The summed E-state index contributed by atoms with van der Waals surface area (Å²) in [6.07, 6.45) is 1.74. The lowest BCUT2D eigenvalue weighted by Crippen LogP contribution is -2.07. The molecule has 0 radical (unpaired) electrons. The second-order valence-electron chi connectivity index (χ2n) is 6.84. The number of benzene rings is 1. The molecule has 0 spiro atoms. The van der Waals surface area contributed by atoms with Crippen LogP contribution in [0.4, 0.5) is 0 Å². The molecule has 6 heteroatoms. The molecule has 3 aromatic heterocycles. The Bertz CT molecular complexity index is 1090. The molecular formula is C19H20ClN5. The highest BCUT2D eigenvalue weighted by molar-refractivity contribution is 6.33. The van der Waals surface area contributed by atoms with Gasteiger partial charge in [-0.15, -0.1) is 5.10 Å². The minimum absolute atomic E-state index is 0.545. The Labute approximate surface area is 151 Å². The third kappa shape index (κ3) is 2.50. The van der Waals surface area contributed by atoms with E-state index in [1.165, 1.54) is 11.3 Å². The summed E-state index contributed by atoms with van der Waals surface area (Å²) in [5.74, 6) is 1.16. The standard InChI is InChI=1S/C19H20ClN5/c1-11(2)9-24-13(4)12(3)16-18(24)21-10-25-19(16)22-17(23-25)14-7-5-6-8-15(14)20/h5-8,10-11H,9H2,1-4H3. The van der Waals surface area contributed by atoms with Crippen LogP contribution in [-0.2, 0) is 6.54 Å². The fourth-order valence-corrected chi connectivity index (χ4v) is 3.50. The van der Waals surface area contributed by atoms with Crippen LogP contribution in [0.2, 0.25) is 5.02 Å². The summed E-state index contributed by atoms with van der Waals surface area (Å²) >= 11 is 6.31. The van der Waals surface area contributed by atoms with E-state index < -0.39 is 0 Å². The van der Waals surface area contributed by atoms with Gasteiger partial charge in [-0.05, 0) is 37.5 Å². The van der Waals surface area contributed by atoms with E-state index in [2.05, 4.69) is 42.3 Å². The number of nitrogens with zero attached hydrogens (tertiary/aromatic N) is 5. The Morgan fingerprint density at radius 3 is 2.60 bits per heavy atom. The van der Waals surface area contributed by atoms with Gasteiger partial charge in [0.25, 0.3) is 0 Å². The molecule has 0 aliphatic heterocycles. The molecule has 0 fully saturated rings. The van der Waals surface area contributed by atoms with Gasteiger partial charge in [0.2, 0.25) is 0 Å². The van der Waals surface area contributed by atoms with Crippen LogP contribution in [0.15, 0.2) is 30.6 Å². The van der Waals surface area contributed by atoms with Crippen LogP contribution in [0.25, 0.3) is 28.1 Å². The maximum Gasteiger partial charge on any atom is 0.183 e. The molecule has 5 nitrogen and oxygen atoms in total. The fourth-order valence-electron chi connectivity index (χ4n) is 3.28. The van der Waals surface area contributed by atoms with Gasteiger partial charge in [-0.1, -0.05) is 37.6 Å². The second kappa shape index (κ2) is 5.85. The molecule has 4 aromatic rings. The maximum atomic E-state index is 6.31. The molecule has 25 heavy (non-hydrogen) atoms. The van der Waals surface area contributed by atoms with Crippen molar-refractivity contribution in [1.82, 2.24) is 24.1 Å². The topological polar surface area (TPSA) is 48.0 Å². The number of rotatable bonds is 3. The van der Waals surface area contributed by atoms with Crippen molar-refractivity contribution in [3.8, 4) is 11.4 Å². The van der Waals surface area contributed by atoms with E-state index in [4.69, 9.17) is 16.6 Å². The van der Waals surface area contributed by atoms with Crippen molar-refractivity contribution in [2.45, 2.75) is 34.2 Å². The smallest absolute Gasteiger partial charge is 0.183 e. The Morgan fingerprint density at radius 2 is 1.88 bits per heavy atom. The molecule has 0 atom stereocenters. The fraction of sp³-hybridized carbons (Fsp3) is 0.316. The quantitative estimate of drug-likeness (QED) is 0.537. The Kier molecular flexibility index (Phi) is 3.76. The molecule has 128 valence electrons. The van der Waals surface area contributed by atoms with Crippen LogP contribution in [0.1, 0.15) is 25.1 Å². The first-order valence-electron chi connectivity index (χ1n) is 8.43. The third-order valence-corrected chi connectivity index (χ3v) is 4.94. The minimum atomic E-state index is 0.545. The third-order valence-electron chi connectivity index (χ3n) is 4.61. The van der Waals surface area contributed by atoms with E-state index in [1.54, 1.807) is 10.8 Å². The molecule has 0 aliphatic carbocycles. The molecule has 0 aliphatic rings. The number of halogens is 1. The normalized spacial score (nSPS) is 11.9. The average Bonchev–Trinajstić information content (AvgIpc) is 3.10. The highest BCUT2D eigenvalue weighted by Gasteiger charge is 2.19. The highest BCUT2D eigenvalue weighted by atomic mass is 35.5. The minimum Gasteiger partial charge on any atom is -0.329 e. The lowest BCUT2D eigenvalue weighted by molar-refractivity contribution is 0.524. The summed E-state index contributed by atoms with van der Waals surface area (Å²) < 4.78 is 4.02. The predicted molar refractivity (Wildman–Crippen MR) is 101 cm³/mol. The zero-order valence-corrected chi connectivity index (χ0v) is 15.5. The van der Waals surface area contributed by atoms with Crippen LogP contribution >= 0.6 is 11.6 Å². The average molecular weight is 354 g/mol. The molecule has 0 N–H and O–H groups in total. The summed E-state index contributed by atoms with van der Waals surface area (Å²) in [7, 11) is 0. The first kappa shape index (κ1) is 16.1. The lowest BCUT2D eigenvalue weighted by atomic mass is 10.2. The number of hydrogen-bond donors (Lipinski definition) is 0. The monoisotopic (exact) mass is 353 g/mol. The van der Waals surface area contributed by atoms with Crippen molar-refractivity contribution in [3.05, 3.63) is 46.9 Å². The lowest BCUT2D eigenvalue weighted by Gasteiger charge is -2.10. The van der Waals surface area contributed by atoms with E-state index in [1.807, 2.05) is 24.3 Å². The number of fused-ring (bicyclic) bond motifs is 3. The van der Waals surface area contributed by atoms with E-state index in [0.717, 1.165) is 28.8 Å². The molecule has 1 aromatic carbocycles. The molecule has 0 saturated heterocycles. The van der Waals surface area contributed by atoms with E-state index >= 15 is 0 Å². The van der Waals surface area contributed by atoms with Crippen molar-refractivity contribution >= 4 is 28.3 Å². The first-order chi connectivity index (χ1) is 12.0. The predicted octanol–water partition coefficient (Wildman–Crippen LogP) is 4.67. The Morgan fingerprint density at radius 1 is 1.12 bits per heavy atom. The molecular weight excluding hydrogens is 334 g/mol. The van der Waals surface area contributed by atoms with Crippen molar-refractivity contribution in [2.24, 2.45) is 5.92 Å². The summed E-state index contributed by atoms with van der Waals surface area (Å²) in [6, 6.07) is 7.63. The zero-order valence-electron chi connectivity index (χ0n) is 14.8. The number of hydrogen-bond acceptors (Lipinski definition) is 3. The van der Waals surface area contributed by atoms with Gasteiger partial charge in [-0.25, -0.2) is 14.5 Å². The zero-order chi connectivity index (χ0) is 17.7. The Hall–Kier alpha value is -2.40. The molecule has 0 unspecified atom stereocenters. The van der Waals surface area contributed by atoms with Gasteiger partial charge in [0.1, 0.15) is 12.0 Å². The molecule has 0 amide bonds. The van der Waals surface area contributed by atoms with Crippen LogP contribution in [0.5, 0.6) is 0 Å². The van der Waals surface area contributed by atoms with E-state index in [9.17, 15) is 0 Å². The largest absolute Gasteiger partial charge is 0.329 e. The molecule has 4 rings (SSSR count). The summed E-state index contributed by atoms with van der Waals surface area (Å²) in [6.45, 7) is 9.63. The summed E-state index contributed by atoms with van der Waals surface area (Å²) in [4.78, 5) is 9.44. The van der Waals surface area contributed by atoms with Gasteiger partial charge in [0.05, 0.1) is 10.4 Å². The van der Waals surface area contributed by atoms with Crippen molar-refractivity contribution in [1.29, 1.82) is 0 Å². The van der Waals surface area contributed by atoms with Gasteiger partial charge in [0.15, 0.2) is 11.5 Å². The molecule has 0 saturated carbocycles. The van der Waals surface area contributed by atoms with Crippen LogP contribution in [-0.4, -0.2) is 24.1 Å². The van der Waals surface area contributed by atoms with E-state index in [-0.39, 0.29) is 0 Å². The Balaban J connectivity index is 2.00. The van der Waals surface area contributed by atoms with Gasteiger partial charge in [0, 0.05) is 17.8 Å². The first-order valence-corrected chi connectivity index (χ1v) is 8.81. The van der Waals surface area contributed by atoms with Gasteiger partial charge >= 0.3 is 0 Å². The van der Waals surface area contributed by atoms with Gasteiger partial charge < -0.3 is 4.57 Å². The van der Waals surface area contributed by atoms with Crippen LogP contribution < -0.4 is 0 Å². The second-order valence-corrected chi connectivity index (χ2v) is 7.25. The number of aromatic nitrogens is 5. The van der Waals surface area contributed by atoms with Crippen molar-refractivity contribution in [3.63, 3.8) is 0 Å². The molecule has 3 heterocycles. The SMILES string of the molecule is Cc1c(C)n(CC(C)C)c2ncn3nc(-c4ccccc4Cl)nc3c12. The maximum absolute atomic E-state index is 6.31. The molecule has 0 bridgehead atoms. The summed E-state index contributed by atoms with van der Waals surface area (Å²) in [5.41, 5.74) is 5.05. The van der Waals surface area contributed by atoms with E-state index in [0.29, 0.717) is 16.8 Å². The van der Waals surface area contributed by atoms with Gasteiger partial charge in [-0.3, -0.25) is 0 Å². The van der Waals surface area contributed by atoms with Gasteiger partial charge in [-0.2, -0.15) is 0 Å². The van der Waals surface area contributed by atoms with Crippen LogP contribution in [0.3, 0.4) is 0 Å². The highest BCUT2D eigenvalue weighted by Crippen LogP contribution is 2.30. The van der Waals surface area contributed by atoms with Crippen LogP contribution in [0, 0.1) is 19.8 Å². The number of aryl methyl sites for hydroxylation is 1.